The molecule has 1 N–H and O–H groups in total. The molecule has 10 heteroatoms. The molecule has 1 aromatic heterocycles. The standard InChI is InChI=1S/C22H16F3N3OS3/c23-22(24,25)16-8-4-9-17(11-16)26-19(29)13-31-21-28-27-20(32-21)30-12-15-7-3-6-14-5-1-2-10-18(14)15/h1-11H,12-13H2,(H,26,29). The molecule has 0 unspecified atom stereocenters. The van der Waals surface area contributed by atoms with Gasteiger partial charge in [-0.25, -0.2) is 0 Å². The molecular weight excluding hydrogens is 475 g/mol. The Hall–Kier alpha value is -2.56. The summed E-state index contributed by atoms with van der Waals surface area (Å²) in [5.74, 6) is 0.365. The zero-order valence-electron chi connectivity index (χ0n) is 16.4. The van der Waals surface area contributed by atoms with E-state index >= 15 is 0 Å². The number of halogens is 3. The molecule has 4 nitrogen and oxygen atoms in total. The van der Waals surface area contributed by atoms with Gasteiger partial charge in [-0.05, 0) is 34.5 Å². The van der Waals surface area contributed by atoms with Crippen LogP contribution in [0.25, 0.3) is 10.8 Å². The number of amides is 1. The number of hydrogen-bond acceptors (Lipinski definition) is 6. The molecule has 4 rings (SSSR count). The first-order valence-electron chi connectivity index (χ1n) is 9.41. The van der Waals surface area contributed by atoms with Crippen LogP contribution in [0.5, 0.6) is 0 Å². The number of hydrogen-bond donors (Lipinski definition) is 1. The van der Waals surface area contributed by atoms with Crippen molar-refractivity contribution in [1.82, 2.24) is 10.2 Å². The second-order valence-electron chi connectivity index (χ2n) is 6.68. The summed E-state index contributed by atoms with van der Waals surface area (Å²) >= 11 is 4.16. The van der Waals surface area contributed by atoms with Gasteiger partial charge in [-0.15, -0.1) is 10.2 Å². The molecule has 3 aromatic carbocycles. The Labute approximate surface area is 194 Å². The van der Waals surface area contributed by atoms with Crippen molar-refractivity contribution in [2.75, 3.05) is 11.1 Å². The molecular formula is C22H16F3N3OS3. The number of thioether (sulfide) groups is 2. The van der Waals surface area contributed by atoms with Crippen molar-refractivity contribution in [2.45, 2.75) is 20.6 Å². The molecule has 1 heterocycles. The van der Waals surface area contributed by atoms with Crippen LogP contribution in [0.3, 0.4) is 0 Å². The highest BCUT2D eigenvalue weighted by Gasteiger charge is 2.30. The smallest absolute Gasteiger partial charge is 0.325 e. The number of rotatable bonds is 7. The van der Waals surface area contributed by atoms with Crippen molar-refractivity contribution in [3.05, 3.63) is 77.9 Å². The molecule has 0 aliphatic heterocycles. The fraction of sp³-hybridized carbons (Fsp3) is 0.136. The van der Waals surface area contributed by atoms with Crippen molar-refractivity contribution in [1.29, 1.82) is 0 Å². The minimum atomic E-state index is -4.46. The van der Waals surface area contributed by atoms with E-state index in [0.717, 1.165) is 22.2 Å². The maximum Gasteiger partial charge on any atom is 0.416 e. The molecule has 0 saturated carbocycles. The van der Waals surface area contributed by atoms with Crippen LogP contribution < -0.4 is 5.32 Å². The number of nitrogens with one attached hydrogen (secondary N) is 1. The molecule has 0 spiro atoms. The molecule has 0 aliphatic rings. The van der Waals surface area contributed by atoms with E-state index in [0.29, 0.717) is 4.34 Å². The molecule has 32 heavy (non-hydrogen) atoms. The number of alkyl halides is 3. The van der Waals surface area contributed by atoms with Gasteiger partial charge in [-0.2, -0.15) is 13.2 Å². The third kappa shape index (κ3) is 5.81. The second kappa shape index (κ2) is 9.93. The highest BCUT2D eigenvalue weighted by Crippen LogP contribution is 2.33. The van der Waals surface area contributed by atoms with E-state index in [2.05, 4.69) is 39.8 Å². The monoisotopic (exact) mass is 491 g/mol. The maximum atomic E-state index is 12.8. The third-order valence-corrected chi connectivity index (χ3v) is 7.66. The Kier molecular flexibility index (Phi) is 7.02. The van der Waals surface area contributed by atoms with E-state index in [1.54, 1.807) is 11.8 Å². The van der Waals surface area contributed by atoms with Gasteiger partial charge in [0.25, 0.3) is 0 Å². The first-order chi connectivity index (χ1) is 15.4. The lowest BCUT2D eigenvalue weighted by Crippen LogP contribution is -2.15. The van der Waals surface area contributed by atoms with Crippen molar-refractivity contribution >= 4 is 57.2 Å². The molecule has 4 aromatic rings. The zero-order valence-corrected chi connectivity index (χ0v) is 18.9. The molecule has 0 radical (unpaired) electrons. The van der Waals surface area contributed by atoms with Crippen LogP contribution in [0.4, 0.5) is 18.9 Å². The highest BCUT2D eigenvalue weighted by molar-refractivity contribution is 8.03. The molecule has 0 fully saturated rings. The number of benzene rings is 3. The molecule has 0 bridgehead atoms. The molecule has 0 aliphatic carbocycles. The van der Waals surface area contributed by atoms with Crippen LogP contribution in [-0.4, -0.2) is 21.9 Å². The predicted octanol–water partition coefficient (Wildman–Crippen LogP) is 6.73. The average Bonchev–Trinajstić information content (AvgIpc) is 3.24. The zero-order chi connectivity index (χ0) is 22.6. The van der Waals surface area contributed by atoms with Gasteiger partial charge in [0, 0.05) is 11.4 Å². The topological polar surface area (TPSA) is 54.9 Å². The van der Waals surface area contributed by atoms with E-state index in [-0.39, 0.29) is 11.4 Å². The summed E-state index contributed by atoms with van der Waals surface area (Å²) in [5, 5.41) is 13.1. The van der Waals surface area contributed by atoms with Crippen LogP contribution in [0, 0.1) is 0 Å². The number of aromatic nitrogens is 2. The van der Waals surface area contributed by atoms with E-state index in [4.69, 9.17) is 0 Å². The average molecular weight is 492 g/mol. The second-order valence-corrected chi connectivity index (χ2v) is 10.1. The van der Waals surface area contributed by atoms with Gasteiger partial charge in [0.2, 0.25) is 5.91 Å². The van der Waals surface area contributed by atoms with E-state index < -0.39 is 17.6 Å². The lowest BCUT2D eigenvalue weighted by molar-refractivity contribution is -0.137. The summed E-state index contributed by atoms with van der Waals surface area (Å²) < 4.78 is 39.8. The summed E-state index contributed by atoms with van der Waals surface area (Å²) in [6.07, 6.45) is -4.46. The number of anilines is 1. The number of fused-ring (bicyclic) bond motifs is 1. The van der Waals surface area contributed by atoms with Gasteiger partial charge < -0.3 is 5.32 Å². The van der Waals surface area contributed by atoms with E-state index in [1.165, 1.54) is 51.6 Å². The molecule has 164 valence electrons. The summed E-state index contributed by atoms with van der Waals surface area (Å²) in [4.78, 5) is 12.1. The van der Waals surface area contributed by atoms with Gasteiger partial charge in [0.15, 0.2) is 8.68 Å². The van der Waals surface area contributed by atoms with Crippen LogP contribution in [-0.2, 0) is 16.7 Å². The number of carbonyl (C=O) groups excluding carboxylic acids is 1. The lowest BCUT2D eigenvalue weighted by atomic mass is 10.1. The minimum Gasteiger partial charge on any atom is -0.325 e. The van der Waals surface area contributed by atoms with E-state index in [1.807, 2.05) is 18.2 Å². The summed E-state index contributed by atoms with van der Waals surface area (Å²) in [6, 6.07) is 18.9. The van der Waals surface area contributed by atoms with Gasteiger partial charge in [0.05, 0.1) is 11.3 Å². The van der Waals surface area contributed by atoms with Crippen molar-refractivity contribution in [2.24, 2.45) is 0 Å². The van der Waals surface area contributed by atoms with Crippen LogP contribution in [0.15, 0.2) is 75.4 Å². The number of nitrogens with zero attached hydrogens (tertiary/aromatic N) is 2. The highest BCUT2D eigenvalue weighted by atomic mass is 32.2. The van der Waals surface area contributed by atoms with Gasteiger partial charge in [-0.3, -0.25) is 4.79 Å². The third-order valence-electron chi connectivity index (χ3n) is 4.42. The van der Waals surface area contributed by atoms with Gasteiger partial charge in [-0.1, -0.05) is 83.4 Å². The Balaban J connectivity index is 1.30. The predicted molar refractivity (Wildman–Crippen MR) is 124 cm³/mol. The van der Waals surface area contributed by atoms with Crippen LogP contribution in [0.2, 0.25) is 0 Å². The maximum absolute atomic E-state index is 12.8. The molecule has 1 amide bonds. The SMILES string of the molecule is O=C(CSc1nnc(SCc2cccc3ccccc23)s1)Nc1cccc(C(F)(F)F)c1. The van der Waals surface area contributed by atoms with Crippen molar-refractivity contribution < 1.29 is 18.0 Å². The van der Waals surface area contributed by atoms with Crippen molar-refractivity contribution in [3.8, 4) is 0 Å². The quantitative estimate of drug-likeness (QED) is 0.290. The Morgan fingerprint density at radius 2 is 1.66 bits per heavy atom. The normalized spacial score (nSPS) is 11.6. The fourth-order valence-corrected chi connectivity index (χ4v) is 5.79. The summed E-state index contributed by atoms with van der Waals surface area (Å²) in [6.45, 7) is 0. The lowest BCUT2D eigenvalue weighted by Gasteiger charge is -2.09. The largest absolute Gasteiger partial charge is 0.416 e. The molecule has 0 atom stereocenters. The van der Waals surface area contributed by atoms with Gasteiger partial charge in [0.1, 0.15) is 0 Å². The number of carbonyl (C=O) groups is 1. The Bertz CT molecular complexity index is 1240. The Morgan fingerprint density at radius 3 is 2.47 bits per heavy atom. The van der Waals surface area contributed by atoms with Crippen LogP contribution >= 0.6 is 34.9 Å². The molecule has 0 saturated heterocycles. The first kappa shape index (κ1) is 22.6. The Morgan fingerprint density at radius 1 is 0.938 bits per heavy atom. The van der Waals surface area contributed by atoms with Gasteiger partial charge >= 0.3 is 6.18 Å². The fourth-order valence-electron chi connectivity index (χ4n) is 2.97. The minimum absolute atomic E-state index is 0.0267. The van der Waals surface area contributed by atoms with Crippen molar-refractivity contribution in [3.63, 3.8) is 0 Å². The summed E-state index contributed by atoms with van der Waals surface area (Å²) in [7, 11) is 0. The first-order valence-corrected chi connectivity index (χ1v) is 12.2. The summed E-state index contributed by atoms with van der Waals surface area (Å²) in [5.41, 5.74) is 0.506. The van der Waals surface area contributed by atoms with E-state index in [9.17, 15) is 18.0 Å². The van der Waals surface area contributed by atoms with Crippen LogP contribution in [0.1, 0.15) is 11.1 Å².